The molecule has 0 amide bonds. The van der Waals surface area contributed by atoms with Gasteiger partial charge in [0.05, 0.1) is 28.4 Å². The Morgan fingerprint density at radius 1 is 0.254 bits per heavy atom. The fourth-order valence-electron chi connectivity index (χ4n) is 9.02. The Labute approximate surface area is 368 Å². The van der Waals surface area contributed by atoms with Gasteiger partial charge in [0.15, 0.2) is 5.58 Å². The summed E-state index contributed by atoms with van der Waals surface area (Å²) in [6.07, 6.45) is 0. The number of anilines is 6. The van der Waals surface area contributed by atoms with Crippen LogP contribution in [0.2, 0.25) is 0 Å². The molecule has 0 radical (unpaired) electrons. The number of benzene rings is 10. The lowest BCUT2D eigenvalue weighted by atomic mass is 9.97. The molecular formula is C60H42N2O. The molecule has 0 aliphatic carbocycles. The van der Waals surface area contributed by atoms with Gasteiger partial charge in [-0.15, -0.1) is 0 Å². The van der Waals surface area contributed by atoms with Crippen LogP contribution >= 0.6 is 0 Å². The summed E-state index contributed by atoms with van der Waals surface area (Å²) >= 11 is 0. The minimum atomic E-state index is 0.839. The Morgan fingerprint density at radius 3 is 1.14 bits per heavy atom. The molecule has 0 spiro atoms. The molecule has 0 N–H and O–H groups in total. The van der Waals surface area contributed by atoms with Crippen LogP contribution in [0.4, 0.5) is 34.1 Å². The largest absolute Gasteiger partial charge is 0.454 e. The number of rotatable bonds is 10. The van der Waals surface area contributed by atoms with E-state index in [-0.39, 0.29) is 0 Å². The van der Waals surface area contributed by atoms with Crippen LogP contribution in [0.1, 0.15) is 0 Å². The van der Waals surface area contributed by atoms with Gasteiger partial charge in [-0.1, -0.05) is 206 Å². The molecule has 0 saturated carbocycles. The van der Waals surface area contributed by atoms with Crippen molar-refractivity contribution in [1.82, 2.24) is 0 Å². The maximum Gasteiger partial charge on any atom is 0.159 e. The van der Waals surface area contributed by atoms with Crippen molar-refractivity contribution >= 4 is 56.1 Å². The lowest BCUT2D eigenvalue weighted by Gasteiger charge is -2.31. The zero-order valence-corrected chi connectivity index (χ0v) is 34.6. The second-order valence-electron chi connectivity index (χ2n) is 15.6. The molecule has 1 heterocycles. The summed E-state index contributed by atoms with van der Waals surface area (Å²) < 4.78 is 6.79. The van der Waals surface area contributed by atoms with Gasteiger partial charge in [-0.3, -0.25) is 0 Å². The Hall–Kier alpha value is -8.40. The van der Waals surface area contributed by atoms with Crippen molar-refractivity contribution in [2.75, 3.05) is 9.80 Å². The summed E-state index contributed by atoms with van der Waals surface area (Å²) in [5, 5.41) is 2.17. The number of fused-ring (bicyclic) bond motifs is 3. The van der Waals surface area contributed by atoms with Gasteiger partial charge in [0.25, 0.3) is 0 Å². The van der Waals surface area contributed by atoms with Crippen LogP contribution in [-0.2, 0) is 0 Å². The number of furan rings is 1. The summed E-state index contributed by atoms with van der Waals surface area (Å²) in [5.74, 6) is 0. The predicted octanol–water partition coefficient (Wildman–Crippen LogP) is 17.2. The normalized spacial score (nSPS) is 11.2. The number of hydrogen-bond acceptors (Lipinski definition) is 3. The molecule has 10 aromatic carbocycles. The van der Waals surface area contributed by atoms with E-state index in [2.05, 4.69) is 259 Å². The van der Waals surface area contributed by atoms with Crippen LogP contribution in [-0.4, -0.2) is 0 Å². The Kier molecular flexibility index (Phi) is 9.89. The van der Waals surface area contributed by atoms with E-state index >= 15 is 0 Å². The summed E-state index contributed by atoms with van der Waals surface area (Å²) in [7, 11) is 0. The Morgan fingerprint density at radius 2 is 0.619 bits per heavy atom. The third kappa shape index (κ3) is 7.02. The maximum atomic E-state index is 6.79. The van der Waals surface area contributed by atoms with E-state index < -0.39 is 0 Å². The quantitative estimate of drug-likeness (QED) is 0.137. The highest BCUT2D eigenvalue weighted by molar-refractivity contribution is 6.11. The van der Waals surface area contributed by atoms with E-state index in [0.29, 0.717) is 0 Å². The molecule has 1 aromatic heterocycles. The fourth-order valence-corrected chi connectivity index (χ4v) is 9.02. The third-order valence-electron chi connectivity index (χ3n) is 11.9. The topological polar surface area (TPSA) is 19.6 Å². The van der Waals surface area contributed by atoms with E-state index in [9.17, 15) is 0 Å². The zero-order valence-electron chi connectivity index (χ0n) is 34.6. The monoisotopic (exact) mass is 806 g/mol. The standard InChI is InChI=1S/C60H42N2O/c1-4-22-43(23-5-1)48-30-10-15-36-54(48)61(55-37-16-11-31-49(55)44-24-6-2-7-25-44)47-29-20-28-46(42-47)51-33-13-18-39-57(51)62(56-38-17-12-32-50(56)45-26-8-3-9-27-45)58-40-21-35-53-52-34-14-19-41-59(52)63-60(53)58/h1-42H. The molecule has 3 heteroatoms. The first-order chi connectivity index (χ1) is 31.3. The molecule has 0 bridgehead atoms. The Balaban J connectivity index is 1.15. The average molecular weight is 807 g/mol. The molecule has 0 saturated heterocycles. The minimum absolute atomic E-state index is 0.839. The van der Waals surface area contributed by atoms with Crippen molar-refractivity contribution in [3.8, 4) is 44.5 Å². The second kappa shape index (κ2) is 16.6. The summed E-state index contributed by atoms with van der Waals surface area (Å²) in [4.78, 5) is 4.82. The molecule has 11 aromatic rings. The molecule has 298 valence electrons. The van der Waals surface area contributed by atoms with Crippen molar-refractivity contribution in [1.29, 1.82) is 0 Å². The highest BCUT2D eigenvalue weighted by Crippen LogP contribution is 2.50. The van der Waals surface area contributed by atoms with Crippen LogP contribution in [0, 0.1) is 0 Å². The first kappa shape index (κ1) is 37.6. The average Bonchev–Trinajstić information content (AvgIpc) is 3.75. The zero-order chi connectivity index (χ0) is 42.0. The fraction of sp³-hybridized carbons (Fsp3) is 0. The number of para-hydroxylation sites is 6. The van der Waals surface area contributed by atoms with E-state index in [1.807, 2.05) is 6.07 Å². The van der Waals surface area contributed by atoms with Gasteiger partial charge in [0.2, 0.25) is 0 Å². The smallest absolute Gasteiger partial charge is 0.159 e. The van der Waals surface area contributed by atoms with Gasteiger partial charge in [-0.2, -0.15) is 0 Å². The van der Waals surface area contributed by atoms with Crippen molar-refractivity contribution in [3.63, 3.8) is 0 Å². The molecule has 0 aliphatic heterocycles. The van der Waals surface area contributed by atoms with Crippen LogP contribution in [0.3, 0.4) is 0 Å². The third-order valence-corrected chi connectivity index (χ3v) is 11.9. The maximum absolute atomic E-state index is 6.79. The van der Waals surface area contributed by atoms with Gasteiger partial charge >= 0.3 is 0 Å². The first-order valence-corrected chi connectivity index (χ1v) is 21.4. The molecule has 11 rings (SSSR count). The van der Waals surface area contributed by atoms with Crippen molar-refractivity contribution < 1.29 is 4.42 Å². The number of nitrogens with zero attached hydrogens (tertiary/aromatic N) is 2. The molecule has 63 heavy (non-hydrogen) atoms. The van der Waals surface area contributed by atoms with E-state index in [0.717, 1.165) is 101 Å². The van der Waals surface area contributed by atoms with Gasteiger partial charge in [0.1, 0.15) is 5.58 Å². The lowest BCUT2D eigenvalue weighted by Crippen LogP contribution is -2.13. The van der Waals surface area contributed by atoms with Gasteiger partial charge in [0, 0.05) is 38.7 Å². The van der Waals surface area contributed by atoms with Crippen molar-refractivity contribution in [2.45, 2.75) is 0 Å². The SMILES string of the molecule is c1ccc(-c2ccccc2N(c2cccc(-c3ccccc3N(c3ccccc3-c3ccccc3)c3cccc4c3oc3ccccc34)c2)c2ccccc2-c2ccccc2)cc1. The molecule has 3 nitrogen and oxygen atoms in total. The molecule has 0 aliphatic rings. The van der Waals surface area contributed by atoms with Gasteiger partial charge in [-0.25, -0.2) is 0 Å². The molecule has 0 fully saturated rings. The van der Waals surface area contributed by atoms with Crippen molar-refractivity contribution in [3.05, 3.63) is 255 Å². The molecule has 0 unspecified atom stereocenters. The van der Waals surface area contributed by atoms with Crippen LogP contribution in [0.25, 0.3) is 66.4 Å². The van der Waals surface area contributed by atoms with E-state index in [1.165, 1.54) is 0 Å². The lowest BCUT2D eigenvalue weighted by molar-refractivity contribution is 0.669. The minimum Gasteiger partial charge on any atom is -0.454 e. The highest BCUT2D eigenvalue weighted by Gasteiger charge is 2.25. The predicted molar refractivity (Wildman–Crippen MR) is 265 cm³/mol. The number of hydrogen-bond donors (Lipinski definition) is 0. The first-order valence-electron chi connectivity index (χ1n) is 21.4. The van der Waals surface area contributed by atoms with Crippen LogP contribution in [0.5, 0.6) is 0 Å². The Bertz CT molecular complexity index is 3270. The molecular weight excluding hydrogens is 765 g/mol. The van der Waals surface area contributed by atoms with Gasteiger partial charge in [-0.05, 0) is 70.8 Å². The van der Waals surface area contributed by atoms with Crippen LogP contribution in [0.15, 0.2) is 259 Å². The van der Waals surface area contributed by atoms with Gasteiger partial charge < -0.3 is 14.2 Å². The summed E-state index contributed by atoms with van der Waals surface area (Å²) in [6, 6.07) is 90.7. The van der Waals surface area contributed by atoms with Crippen molar-refractivity contribution in [2.24, 2.45) is 0 Å². The second-order valence-corrected chi connectivity index (χ2v) is 15.6. The van der Waals surface area contributed by atoms with E-state index in [4.69, 9.17) is 4.42 Å². The molecule has 0 atom stereocenters. The highest BCUT2D eigenvalue weighted by atomic mass is 16.3. The summed E-state index contributed by atoms with van der Waals surface area (Å²) in [6.45, 7) is 0. The summed E-state index contributed by atoms with van der Waals surface area (Å²) in [5.41, 5.74) is 17.0. The van der Waals surface area contributed by atoms with E-state index in [1.54, 1.807) is 0 Å². The van der Waals surface area contributed by atoms with Crippen LogP contribution < -0.4 is 9.80 Å².